The van der Waals surface area contributed by atoms with Crippen molar-refractivity contribution in [3.05, 3.63) is 0 Å². The van der Waals surface area contributed by atoms with Gasteiger partial charge < -0.3 is 10.2 Å². The highest BCUT2D eigenvalue weighted by Crippen LogP contribution is 2.06. The molecule has 0 radical (unpaired) electrons. The Bertz CT molecular complexity index is 136. The van der Waals surface area contributed by atoms with Crippen molar-refractivity contribution in [2.45, 2.75) is 38.5 Å². The molecule has 15 heavy (non-hydrogen) atoms. The van der Waals surface area contributed by atoms with Gasteiger partial charge in [-0.2, -0.15) is 0 Å². The topological polar surface area (TPSA) is 15.3 Å². The molecule has 1 heterocycles. The molecule has 1 aliphatic rings. The van der Waals surface area contributed by atoms with Gasteiger partial charge in [0, 0.05) is 5.88 Å². The highest BCUT2D eigenvalue weighted by atomic mass is 35.5. The van der Waals surface area contributed by atoms with Crippen LogP contribution in [0.5, 0.6) is 0 Å². The molecule has 0 unspecified atom stereocenters. The summed E-state index contributed by atoms with van der Waals surface area (Å²) < 4.78 is 0. The quantitative estimate of drug-likeness (QED) is 0.486. The maximum Gasteiger partial charge on any atom is 0.0223 e. The zero-order chi connectivity index (χ0) is 10.8. The van der Waals surface area contributed by atoms with Gasteiger partial charge in [0.2, 0.25) is 0 Å². The Balaban J connectivity index is 1.73. The summed E-state index contributed by atoms with van der Waals surface area (Å²) in [6.45, 7) is 6.29. The lowest BCUT2D eigenvalue weighted by atomic mass is 10.2. The first-order chi connectivity index (χ1) is 7.43. The molecule has 3 heteroatoms. The van der Waals surface area contributed by atoms with E-state index in [4.69, 9.17) is 11.6 Å². The molecule has 0 spiro atoms. The molecule has 1 aliphatic heterocycles. The molecule has 90 valence electrons. The number of alkyl halides is 1. The van der Waals surface area contributed by atoms with Gasteiger partial charge in [0.15, 0.2) is 0 Å². The van der Waals surface area contributed by atoms with E-state index in [0.29, 0.717) is 0 Å². The zero-order valence-electron chi connectivity index (χ0n) is 9.81. The number of nitrogens with zero attached hydrogens (tertiary/aromatic N) is 1. The predicted molar refractivity (Wildman–Crippen MR) is 67.7 cm³/mol. The fourth-order valence-electron chi connectivity index (χ4n) is 2.08. The second-order valence-corrected chi connectivity index (χ2v) is 4.78. The number of nitrogens with one attached hydrogen (secondary N) is 1. The van der Waals surface area contributed by atoms with Crippen LogP contribution in [0.4, 0.5) is 0 Å². The van der Waals surface area contributed by atoms with Crippen LogP contribution in [0, 0.1) is 0 Å². The maximum atomic E-state index is 5.61. The molecule has 1 N–H and O–H groups in total. The van der Waals surface area contributed by atoms with E-state index in [-0.39, 0.29) is 0 Å². The first-order valence-corrected chi connectivity index (χ1v) is 6.96. The normalized spacial score (nSPS) is 17.4. The summed E-state index contributed by atoms with van der Waals surface area (Å²) in [5, 5.41) is 3.50. The Morgan fingerprint density at radius 3 is 2.40 bits per heavy atom. The number of hydrogen-bond donors (Lipinski definition) is 1. The molecular weight excluding hydrogens is 208 g/mol. The van der Waals surface area contributed by atoms with Crippen LogP contribution in [0.15, 0.2) is 0 Å². The smallest absolute Gasteiger partial charge is 0.0223 e. The summed E-state index contributed by atoms with van der Waals surface area (Å²) in [7, 11) is 0. The van der Waals surface area contributed by atoms with Crippen LogP contribution in [0.25, 0.3) is 0 Å². The van der Waals surface area contributed by atoms with Gasteiger partial charge in [-0.1, -0.05) is 6.42 Å². The second kappa shape index (κ2) is 9.44. The van der Waals surface area contributed by atoms with Gasteiger partial charge in [0.1, 0.15) is 0 Å². The number of rotatable bonds is 9. The van der Waals surface area contributed by atoms with E-state index in [1.807, 2.05) is 0 Å². The van der Waals surface area contributed by atoms with Crippen molar-refractivity contribution in [2.75, 3.05) is 38.6 Å². The molecule has 1 saturated heterocycles. The Labute approximate surface area is 99.4 Å². The van der Waals surface area contributed by atoms with Crippen molar-refractivity contribution in [1.29, 1.82) is 0 Å². The van der Waals surface area contributed by atoms with Crippen LogP contribution in [-0.4, -0.2) is 43.5 Å². The highest BCUT2D eigenvalue weighted by molar-refractivity contribution is 6.17. The minimum atomic E-state index is 0.814. The van der Waals surface area contributed by atoms with Gasteiger partial charge in [0.25, 0.3) is 0 Å². The minimum absolute atomic E-state index is 0.814. The summed E-state index contributed by atoms with van der Waals surface area (Å²) in [6.07, 6.45) is 7.82. The van der Waals surface area contributed by atoms with E-state index >= 15 is 0 Å². The summed E-state index contributed by atoms with van der Waals surface area (Å²) >= 11 is 5.61. The fraction of sp³-hybridized carbons (Fsp3) is 1.00. The molecule has 1 rings (SSSR count). The van der Waals surface area contributed by atoms with E-state index in [1.165, 1.54) is 58.3 Å². The van der Waals surface area contributed by atoms with Crippen molar-refractivity contribution < 1.29 is 0 Å². The third-order valence-electron chi connectivity index (χ3n) is 3.01. The molecule has 0 aromatic heterocycles. The van der Waals surface area contributed by atoms with E-state index in [9.17, 15) is 0 Å². The summed E-state index contributed by atoms with van der Waals surface area (Å²) in [6, 6.07) is 0. The van der Waals surface area contributed by atoms with Gasteiger partial charge in [-0.05, 0) is 64.8 Å². The van der Waals surface area contributed by atoms with Crippen LogP contribution >= 0.6 is 11.6 Å². The molecule has 1 fully saturated rings. The van der Waals surface area contributed by atoms with E-state index < -0.39 is 0 Å². The molecule has 0 aromatic rings. The van der Waals surface area contributed by atoms with Crippen molar-refractivity contribution in [3.8, 4) is 0 Å². The largest absolute Gasteiger partial charge is 0.317 e. The van der Waals surface area contributed by atoms with Crippen molar-refractivity contribution in [3.63, 3.8) is 0 Å². The van der Waals surface area contributed by atoms with Gasteiger partial charge in [-0.3, -0.25) is 0 Å². The lowest BCUT2D eigenvalue weighted by molar-refractivity contribution is 0.331. The molecule has 0 amide bonds. The molecule has 0 aromatic carbocycles. The molecular formula is C12H25ClN2. The highest BCUT2D eigenvalue weighted by Gasteiger charge is 2.09. The van der Waals surface area contributed by atoms with Gasteiger partial charge in [-0.25, -0.2) is 0 Å². The first kappa shape index (κ1) is 13.3. The lowest BCUT2D eigenvalue weighted by Gasteiger charge is -2.14. The van der Waals surface area contributed by atoms with Crippen LogP contribution in [0.1, 0.15) is 38.5 Å². The third-order valence-corrected chi connectivity index (χ3v) is 3.28. The maximum absolute atomic E-state index is 5.61. The number of hydrogen-bond acceptors (Lipinski definition) is 2. The minimum Gasteiger partial charge on any atom is -0.317 e. The van der Waals surface area contributed by atoms with Crippen LogP contribution < -0.4 is 5.32 Å². The SMILES string of the molecule is ClCCCCCNCCCN1CCCC1. The van der Waals surface area contributed by atoms with Gasteiger partial charge in [-0.15, -0.1) is 11.6 Å². The van der Waals surface area contributed by atoms with Gasteiger partial charge >= 0.3 is 0 Å². The zero-order valence-corrected chi connectivity index (χ0v) is 10.6. The first-order valence-electron chi connectivity index (χ1n) is 6.42. The lowest BCUT2D eigenvalue weighted by Crippen LogP contribution is -2.25. The summed E-state index contributed by atoms with van der Waals surface area (Å²) in [5.41, 5.74) is 0. The Morgan fingerprint density at radius 2 is 1.67 bits per heavy atom. The number of unbranched alkanes of at least 4 members (excludes halogenated alkanes) is 2. The standard InChI is InChI=1S/C12H25ClN2/c13-7-2-1-3-8-14-9-6-12-15-10-4-5-11-15/h14H,1-12H2. The fourth-order valence-corrected chi connectivity index (χ4v) is 2.27. The molecule has 0 saturated carbocycles. The Kier molecular flexibility index (Phi) is 8.35. The van der Waals surface area contributed by atoms with E-state index in [0.717, 1.165) is 18.8 Å². The Morgan fingerprint density at radius 1 is 0.933 bits per heavy atom. The Hall–Kier alpha value is 0.210. The summed E-state index contributed by atoms with van der Waals surface area (Å²) in [5.74, 6) is 0.814. The molecule has 0 bridgehead atoms. The second-order valence-electron chi connectivity index (χ2n) is 4.40. The van der Waals surface area contributed by atoms with Crippen molar-refractivity contribution >= 4 is 11.6 Å². The molecule has 2 nitrogen and oxygen atoms in total. The van der Waals surface area contributed by atoms with Crippen LogP contribution in [0.2, 0.25) is 0 Å². The average molecular weight is 233 g/mol. The van der Waals surface area contributed by atoms with E-state index in [2.05, 4.69) is 10.2 Å². The monoisotopic (exact) mass is 232 g/mol. The molecule has 0 aliphatic carbocycles. The van der Waals surface area contributed by atoms with E-state index in [1.54, 1.807) is 0 Å². The average Bonchev–Trinajstić information content (AvgIpc) is 2.75. The van der Waals surface area contributed by atoms with Gasteiger partial charge in [0.05, 0.1) is 0 Å². The predicted octanol–water partition coefficient (Wildman–Crippen LogP) is 2.47. The van der Waals surface area contributed by atoms with Crippen LogP contribution in [0.3, 0.4) is 0 Å². The summed E-state index contributed by atoms with van der Waals surface area (Å²) in [4.78, 5) is 2.58. The third kappa shape index (κ3) is 7.15. The number of halogens is 1. The molecule has 0 atom stereocenters. The van der Waals surface area contributed by atoms with Crippen molar-refractivity contribution in [2.24, 2.45) is 0 Å². The van der Waals surface area contributed by atoms with Crippen molar-refractivity contribution in [1.82, 2.24) is 10.2 Å². The van der Waals surface area contributed by atoms with Crippen LogP contribution in [-0.2, 0) is 0 Å². The number of likely N-dealkylation sites (tertiary alicyclic amines) is 1.